The first-order valence-electron chi connectivity index (χ1n) is 6.54. The molecule has 1 fully saturated rings. The Morgan fingerprint density at radius 3 is 2.50 bits per heavy atom. The molecule has 1 aromatic heterocycles. The highest BCUT2D eigenvalue weighted by Crippen LogP contribution is 2.34. The van der Waals surface area contributed by atoms with Gasteiger partial charge in [0.1, 0.15) is 12.7 Å². The van der Waals surface area contributed by atoms with Crippen molar-refractivity contribution < 1.29 is 4.79 Å². The zero-order valence-electron chi connectivity index (χ0n) is 12.1. The summed E-state index contributed by atoms with van der Waals surface area (Å²) in [7, 11) is 3.76. The number of nitrogens with zero attached hydrogens (tertiary/aromatic N) is 6. The molecule has 22 heavy (non-hydrogen) atoms. The Morgan fingerprint density at radius 2 is 1.86 bits per heavy atom. The van der Waals surface area contributed by atoms with E-state index in [1.54, 1.807) is 11.1 Å². The highest BCUT2D eigenvalue weighted by Gasteiger charge is 2.35. The van der Waals surface area contributed by atoms with Crippen molar-refractivity contribution in [2.45, 2.75) is 0 Å². The van der Waals surface area contributed by atoms with Crippen molar-refractivity contribution in [2.75, 3.05) is 19.0 Å². The summed E-state index contributed by atoms with van der Waals surface area (Å²) in [6.07, 6.45) is 4.75. The molecule has 1 aromatic carbocycles. The largest absolute Gasteiger partial charge is 0.382 e. The third kappa shape index (κ3) is 2.86. The van der Waals surface area contributed by atoms with Crippen LogP contribution in [0.3, 0.4) is 0 Å². The van der Waals surface area contributed by atoms with E-state index in [4.69, 9.17) is 0 Å². The van der Waals surface area contributed by atoms with Gasteiger partial charge in [0, 0.05) is 20.3 Å². The number of para-hydroxylation sites is 1. The van der Waals surface area contributed by atoms with Crippen LogP contribution < -0.4 is 4.90 Å². The van der Waals surface area contributed by atoms with Crippen molar-refractivity contribution in [3.05, 3.63) is 54.1 Å². The third-order valence-electron chi connectivity index (χ3n) is 2.80. The van der Waals surface area contributed by atoms with Gasteiger partial charge in [-0.3, -0.25) is 9.69 Å². The number of amidine groups is 1. The number of amides is 1. The zero-order valence-corrected chi connectivity index (χ0v) is 12.9. The van der Waals surface area contributed by atoms with Gasteiger partial charge in [-0.2, -0.15) is 0 Å². The molecular weight excluding hydrogens is 300 g/mol. The lowest BCUT2D eigenvalue weighted by Crippen LogP contribution is -2.29. The van der Waals surface area contributed by atoms with E-state index in [-0.39, 0.29) is 5.91 Å². The van der Waals surface area contributed by atoms with Gasteiger partial charge >= 0.3 is 0 Å². The number of aromatic nitrogens is 3. The van der Waals surface area contributed by atoms with Crippen molar-refractivity contribution >= 4 is 28.5 Å². The summed E-state index contributed by atoms with van der Waals surface area (Å²) in [4.78, 5) is 16.7. The maximum Gasteiger partial charge on any atom is 0.272 e. The van der Waals surface area contributed by atoms with E-state index in [1.165, 1.54) is 29.1 Å². The van der Waals surface area contributed by atoms with Gasteiger partial charge in [-0.15, -0.1) is 15.3 Å². The Kier molecular flexibility index (Phi) is 3.92. The summed E-state index contributed by atoms with van der Waals surface area (Å²) in [5, 5.41) is 12.4. The number of benzene rings is 1. The average molecular weight is 314 g/mol. The van der Waals surface area contributed by atoms with Gasteiger partial charge in [0.2, 0.25) is 5.17 Å². The number of hydrogen-bond donors (Lipinski definition) is 0. The number of anilines is 1. The van der Waals surface area contributed by atoms with Gasteiger partial charge in [0.05, 0.1) is 10.6 Å². The monoisotopic (exact) mass is 314 g/mol. The quantitative estimate of drug-likeness (QED) is 0.805. The maximum absolute atomic E-state index is 12.7. The Bertz CT molecular complexity index is 723. The van der Waals surface area contributed by atoms with Gasteiger partial charge in [-0.05, 0) is 23.9 Å². The molecule has 1 amide bonds. The van der Waals surface area contributed by atoms with Crippen LogP contribution in [0.4, 0.5) is 5.69 Å². The Hall–Kier alpha value is -2.61. The molecule has 8 heteroatoms. The van der Waals surface area contributed by atoms with Crippen molar-refractivity contribution in [1.82, 2.24) is 19.8 Å². The lowest BCUT2D eigenvalue weighted by atomic mass is 10.3. The molecule has 0 bridgehead atoms. The smallest absolute Gasteiger partial charge is 0.272 e. The van der Waals surface area contributed by atoms with Gasteiger partial charge in [-0.1, -0.05) is 18.2 Å². The van der Waals surface area contributed by atoms with E-state index in [0.717, 1.165) is 5.69 Å². The predicted octanol–water partition coefficient (Wildman–Crippen LogP) is 1.58. The number of rotatable bonds is 3. The maximum atomic E-state index is 12.7. The summed E-state index contributed by atoms with van der Waals surface area (Å²) < 4.78 is 1.48. The number of thioether (sulfide) groups is 1. The summed E-state index contributed by atoms with van der Waals surface area (Å²) in [6.45, 7) is 0. The first-order valence-corrected chi connectivity index (χ1v) is 7.36. The molecule has 0 unspecified atom stereocenters. The van der Waals surface area contributed by atoms with Crippen molar-refractivity contribution in [3.63, 3.8) is 0 Å². The Morgan fingerprint density at radius 1 is 1.18 bits per heavy atom. The fourth-order valence-corrected chi connectivity index (χ4v) is 2.97. The van der Waals surface area contributed by atoms with Crippen molar-refractivity contribution in [3.8, 4) is 0 Å². The molecule has 0 N–H and O–H groups in total. The van der Waals surface area contributed by atoms with Gasteiger partial charge in [-0.25, -0.2) is 4.68 Å². The first kappa shape index (κ1) is 14.3. The summed E-state index contributed by atoms with van der Waals surface area (Å²) in [6, 6.07) is 9.43. The molecule has 0 spiro atoms. The molecule has 1 saturated heterocycles. The summed E-state index contributed by atoms with van der Waals surface area (Å²) in [5.74, 6) is -0.100. The molecule has 2 aromatic rings. The van der Waals surface area contributed by atoms with E-state index in [2.05, 4.69) is 15.3 Å². The van der Waals surface area contributed by atoms with E-state index in [0.29, 0.717) is 10.1 Å². The van der Waals surface area contributed by atoms with Crippen LogP contribution in [-0.4, -0.2) is 44.9 Å². The minimum Gasteiger partial charge on any atom is -0.382 e. The fraction of sp³-hybridized carbons (Fsp3) is 0.143. The molecule has 0 atom stereocenters. The van der Waals surface area contributed by atoms with Crippen LogP contribution in [-0.2, 0) is 4.79 Å². The highest BCUT2D eigenvalue weighted by molar-refractivity contribution is 8.19. The normalized spacial score (nSPS) is 18.5. The molecule has 2 heterocycles. The van der Waals surface area contributed by atoms with Crippen molar-refractivity contribution in [2.24, 2.45) is 5.10 Å². The van der Waals surface area contributed by atoms with Crippen LogP contribution in [0.1, 0.15) is 0 Å². The standard InChI is InChI=1S/C14H14N6OS/c1-18(2)8-12-13(21)20(11-6-4-3-5-7-11)14(22-12)17-19-9-15-16-10-19/h3-10H,1-2H3/b12-8-,17-14-. The first-order chi connectivity index (χ1) is 10.6. The fourth-order valence-electron chi connectivity index (χ4n) is 1.92. The van der Waals surface area contributed by atoms with Crippen LogP contribution in [0.5, 0.6) is 0 Å². The van der Waals surface area contributed by atoms with Gasteiger partial charge < -0.3 is 4.90 Å². The zero-order chi connectivity index (χ0) is 15.5. The molecule has 7 nitrogen and oxygen atoms in total. The molecule has 1 aliphatic heterocycles. The predicted molar refractivity (Wildman–Crippen MR) is 86.1 cm³/mol. The summed E-state index contributed by atoms with van der Waals surface area (Å²) in [5.41, 5.74) is 0.772. The SMILES string of the molecule is CN(C)/C=C1\S/C(=N\n2cnnc2)N(c2ccccc2)C1=O. The lowest BCUT2D eigenvalue weighted by Gasteiger charge is -2.15. The van der Waals surface area contributed by atoms with E-state index in [1.807, 2.05) is 49.3 Å². The molecule has 112 valence electrons. The van der Waals surface area contributed by atoms with Crippen LogP contribution in [0, 0.1) is 0 Å². The van der Waals surface area contributed by atoms with E-state index < -0.39 is 0 Å². The number of carbonyl (C=O) groups excluding carboxylic acids is 1. The molecule has 1 aliphatic rings. The minimum absolute atomic E-state index is 0.100. The summed E-state index contributed by atoms with van der Waals surface area (Å²) >= 11 is 1.32. The van der Waals surface area contributed by atoms with Crippen LogP contribution in [0.25, 0.3) is 0 Å². The van der Waals surface area contributed by atoms with E-state index in [9.17, 15) is 4.79 Å². The highest BCUT2D eigenvalue weighted by atomic mass is 32.2. The third-order valence-corrected chi connectivity index (χ3v) is 3.75. The van der Waals surface area contributed by atoms with Crippen LogP contribution in [0.15, 0.2) is 59.2 Å². The lowest BCUT2D eigenvalue weighted by molar-refractivity contribution is -0.113. The second-order valence-corrected chi connectivity index (χ2v) is 5.77. The number of carbonyl (C=O) groups is 1. The molecular formula is C14H14N6OS. The average Bonchev–Trinajstić information content (AvgIpc) is 3.09. The van der Waals surface area contributed by atoms with Crippen LogP contribution in [0.2, 0.25) is 0 Å². The van der Waals surface area contributed by atoms with Gasteiger partial charge in [0.25, 0.3) is 5.91 Å². The Balaban J connectivity index is 2.04. The van der Waals surface area contributed by atoms with Crippen molar-refractivity contribution in [1.29, 1.82) is 0 Å². The van der Waals surface area contributed by atoms with Gasteiger partial charge in [0.15, 0.2) is 0 Å². The van der Waals surface area contributed by atoms with E-state index >= 15 is 0 Å². The molecule has 0 radical (unpaired) electrons. The molecule has 3 rings (SSSR count). The van der Waals surface area contributed by atoms with Crippen LogP contribution >= 0.6 is 11.8 Å². The topological polar surface area (TPSA) is 66.6 Å². The number of hydrogen-bond acceptors (Lipinski definition) is 6. The Labute approximate surface area is 131 Å². The molecule has 0 aliphatic carbocycles. The second-order valence-electron chi connectivity index (χ2n) is 4.76. The molecule has 0 saturated carbocycles. The second kappa shape index (κ2) is 6.02. The minimum atomic E-state index is -0.100.